The molecule has 136 valence electrons. The summed E-state index contributed by atoms with van der Waals surface area (Å²) in [6.45, 7) is 1.77. The van der Waals surface area contributed by atoms with Crippen LogP contribution in [0.1, 0.15) is 27.8 Å². The third-order valence-electron chi connectivity index (χ3n) is 4.82. The SMILES string of the molecule is CN1C(N)=N[C@](C)(c2sc(C3=Cc4ccccc4C3)cc2Cl)CS1(=O)=O. The number of aliphatic imine (C=N–C) groups is 1. The quantitative estimate of drug-likeness (QED) is 0.829. The van der Waals surface area contributed by atoms with Gasteiger partial charge in [0, 0.05) is 11.9 Å². The summed E-state index contributed by atoms with van der Waals surface area (Å²) in [5, 5.41) is 0.528. The summed E-state index contributed by atoms with van der Waals surface area (Å²) < 4.78 is 25.9. The van der Waals surface area contributed by atoms with Gasteiger partial charge in [0.15, 0.2) is 0 Å². The van der Waals surface area contributed by atoms with E-state index in [-0.39, 0.29) is 11.7 Å². The first kappa shape index (κ1) is 17.6. The van der Waals surface area contributed by atoms with Crippen LogP contribution in [0.5, 0.6) is 0 Å². The molecular weight excluding hydrogens is 390 g/mol. The number of halogens is 1. The second kappa shape index (κ2) is 5.84. The summed E-state index contributed by atoms with van der Waals surface area (Å²) in [6.07, 6.45) is 3.00. The molecule has 8 heteroatoms. The highest BCUT2D eigenvalue weighted by Gasteiger charge is 2.42. The van der Waals surface area contributed by atoms with Gasteiger partial charge < -0.3 is 5.73 Å². The highest BCUT2D eigenvalue weighted by atomic mass is 35.5. The van der Waals surface area contributed by atoms with Gasteiger partial charge in [0.2, 0.25) is 16.0 Å². The minimum Gasteiger partial charge on any atom is -0.369 e. The van der Waals surface area contributed by atoms with E-state index in [2.05, 4.69) is 23.2 Å². The molecule has 0 saturated carbocycles. The molecule has 1 atom stereocenters. The monoisotopic (exact) mass is 407 g/mol. The Balaban J connectivity index is 1.75. The third-order valence-corrected chi connectivity index (χ3v) is 8.65. The second-order valence-electron chi connectivity index (χ2n) is 6.80. The van der Waals surface area contributed by atoms with E-state index in [1.807, 2.05) is 18.2 Å². The molecule has 0 amide bonds. The van der Waals surface area contributed by atoms with Crippen molar-refractivity contribution >= 4 is 50.6 Å². The summed E-state index contributed by atoms with van der Waals surface area (Å²) in [5.74, 6) is -0.173. The average Bonchev–Trinajstić information content (AvgIpc) is 3.15. The molecule has 0 saturated heterocycles. The normalized spacial score (nSPS) is 24.2. The highest BCUT2D eigenvalue weighted by molar-refractivity contribution is 7.89. The molecule has 2 aliphatic rings. The lowest BCUT2D eigenvalue weighted by Crippen LogP contribution is -2.50. The number of benzene rings is 1. The molecule has 0 radical (unpaired) electrons. The van der Waals surface area contributed by atoms with E-state index in [9.17, 15) is 8.42 Å². The van der Waals surface area contributed by atoms with E-state index in [1.165, 1.54) is 35.1 Å². The number of hydrogen-bond donors (Lipinski definition) is 1. The molecule has 2 heterocycles. The van der Waals surface area contributed by atoms with Crippen molar-refractivity contribution in [3.8, 4) is 0 Å². The van der Waals surface area contributed by atoms with Crippen LogP contribution in [0.15, 0.2) is 35.3 Å². The first-order valence-corrected chi connectivity index (χ1v) is 10.9. The number of hydrogen-bond acceptors (Lipinski definition) is 5. The fourth-order valence-electron chi connectivity index (χ4n) is 3.40. The Hall–Kier alpha value is -1.83. The zero-order chi connectivity index (χ0) is 18.7. The van der Waals surface area contributed by atoms with Gasteiger partial charge in [0.05, 0.1) is 15.7 Å². The predicted octanol–water partition coefficient (Wildman–Crippen LogP) is 3.30. The van der Waals surface area contributed by atoms with E-state index in [0.717, 1.165) is 20.5 Å². The van der Waals surface area contributed by atoms with Gasteiger partial charge in [-0.3, -0.25) is 0 Å². The summed E-state index contributed by atoms with van der Waals surface area (Å²) in [5.41, 5.74) is 8.54. The smallest absolute Gasteiger partial charge is 0.239 e. The summed E-state index contributed by atoms with van der Waals surface area (Å²) in [7, 11) is -2.11. The van der Waals surface area contributed by atoms with E-state index < -0.39 is 15.6 Å². The van der Waals surface area contributed by atoms with Crippen molar-refractivity contribution in [1.29, 1.82) is 0 Å². The molecule has 0 spiro atoms. The number of fused-ring (bicyclic) bond motifs is 1. The van der Waals surface area contributed by atoms with Gasteiger partial charge in [-0.05, 0) is 42.2 Å². The van der Waals surface area contributed by atoms with Crippen molar-refractivity contribution in [2.75, 3.05) is 12.8 Å². The highest BCUT2D eigenvalue weighted by Crippen LogP contribution is 2.44. The Morgan fingerprint density at radius 3 is 2.77 bits per heavy atom. The maximum atomic E-state index is 12.4. The summed E-state index contributed by atoms with van der Waals surface area (Å²) >= 11 is 7.99. The van der Waals surface area contributed by atoms with Crippen LogP contribution in [0.4, 0.5) is 0 Å². The Morgan fingerprint density at radius 2 is 2.08 bits per heavy atom. The molecule has 1 aliphatic heterocycles. The van der Waals surface area contributed by atoms with Crippen LogP contribution in [0.25, 0.3) is 11.6 Å². The zero-order valence-electron chi connectivity index (χ0n) is 14.4. The largest absolute Gasteiger partial charge is 0.369 e. The van der Waals surface area contributed by atoms with Crippen LogP contribution in [-0.4, -0.2) is 31.5 Å². The average molecular weight is 408 g/mol. The molecule has 1 aliphatic carbocycles. The van der Waals surface area contributed by atoms with Gasteiger partial charge in [0.25, 0.3) is 0 Å². The number of guanidine groups is 1. The molecule has 5 nitrogen and oxygen atoms in total. The molecule has 0 fully saturated rings. The molecule has 1 aromatic carbocycles. The fourth-order valence-corrected chi connectivity index (χ4v) is 6.57. The first-order valence-electron chi connectivity index (χ1n) is 8.10. The van der Waals surface area contributed by atoms with Crippen molar-refractivity contribution in [2.45, 2.75) is 18.9 Å². The minimum absolute atomic E-state index is 0.0164. The summed E-state index contributed by atoms with van der Waals surface area (Å²) in [4.78, 5) is 6.21. The van der Waals surface area contributed by atoms with Crippen molar-refractivity contribution < 1.29 is 8.42 Å². The van der Waals surface area contributed by atoms with E-state index in [4.69, 9.17) is 17.3 Å². The van der Waals surface area contributed by atoms with Gasteiger partial charge in [-0.25, -0.2) is 17.7 Å². The number of nitrogens with zero attached hydrogens (tertiary/aromatic N) is 2. The van der Waals surface area contributed by atoms with Crippen molar-refractivity contribution in [1.82, 2.24) is 4.31 Å². The fraction of sp³-hybridized carbons (Fsp3) is 0.278. The topological polar surface area (TPSA) is 75.8 Å². The second-order valence-corrected chi connectivity index (χ2v) is 10.3. The Kier molecular flexibility index (Phi) is 3.95. The van der Waals surface area contributed by atoms with Gasteiger partial charge in [-0.2, -0.15) is 0 Å². The standard InChI is InChI=1S/C18H18ClN3O2S2/c1-18(10-26(23,24)22(2)17(20)21-18)16-14(19)9-15(25-16)13-7-11-5-3-4-6-12(11)8-13/h3-7,9H,8,10H2,1-2H3,(H2,20,21)/t18-/m0/s1. The van der Waals surface area contributed by atoms with Gasteiger partial charge in [-0.1, -0.05) is 35.9 Å². The van der Waals surface area contributed by atoms with Crippen LogP contribution < -0.4 is 5.73 Å². The van der Waals surface area contributed by atoms with Crippen molar-refractivity contribution in [3.05, 3.63) is 56.2 Å². The molecule has 4 rings (SSSR count). The van der Waals surface area contributed by atoms with Crippen molar-refractivity contribution in [2.24, 2.45) is 10.7 Å². The van der Waals surface area contributed by atoms with Crippen LogP contribution in [0.3, 0.4) is 0 Å². The number of rotatable bonds is 2. The number of nitrogens with two attached hydrogens (primary N) is 1. The van der Waals surface area contributed by atoms with Crippen LogP contribution >= 0.6 is 22.9 Å². The van der Waals surface area contributed by atoms with Gasteiger partial charge in [0.1, 0.15) is 5.54 Å². The first-order chi connectivity index (χ1) is 12.2. The van der Waals surface area contributed by atoms with E-state index in [0.29, 0.717) is 5.02 Å². The van der Waals surface area contributed by atoms with E-state index in [1.54, 1.807) is 6.92 Å². The molecule has 26 heavy (non-hydrogen) atoms. The Bertz CT molecular complexity index is 1070. The van der Waals surface area contributed by atoms with Gasteiger partial charge in [-0.15, -0.1) is 11.3 Å². The van der Waals surface area contributed by atoms with Gasteiger partial charge >= 0.3 is 0 Å². The van der Waals surface area contributed by atoms with Crippen LogP contribution in [0, 0.1) is 0 Å². The summed E-state index contributed by atoms with van der Waals surface area (Å²) in [6, 6.07) is 10.2. The molecule has 0 unspecified atom stereocenters. The number of sulfonamides is 1. The molecule has 0 bridgehead atoms. The van der Waals surface area contributed by atoms with Crippen LogP contribution in [-0.2, 0) is 22.0 Å². The lowest BCUT2D eigenvalue weighted by Gasteiger charge is -2.33. The maximum Gasteiger partial charge on any atom is 0.239 e. The molecule has 2 aromatic rings. The predicted molar refractivity (Wildman–Crippen MR) is 108 cm³/mol. The number of allylic oxidation sites excluding steroid dienone is 1. The van der Waals surface area contributed by atoms with Crippen molar-refractivity contribution in [3.63, 3.8) is 0 Å². The third kappa shape index (κ3) is 2.74. The zero-order valence-corrected chi connectivity index (χ0v) is 16.7. The Morgan fingerprint density at radius 1 is 1.35 bits per heavy atom. The lowest BCUT2D eigenvalue weighted by atomic mass is 10.0. The Labute approximate surface area is 161 Å². The lowest BCUT2D eigenvalue weighted by molar-refractivity contribution is 0.482. The molecule has 1 aromatic heterocycles. The van der Waals surface area contributed by atoms with Crippen LogP contribution in [0.2, 0.25) is 5.02 Å². The minimum atomic E-state index is -3.53. The molecule has 2 N–H and O–H groups in total. The van der Waals surface area contributed by atoms with E-state index >= 15 is 0 Å². The molecular formula is C18H18ClN3O2S2. The maximum absolute atomic E-state index is 12.4. The number of thiophene rings is 1.